The third kappa shape index (κ3) is 2.72. The van der Waals surface area contributed by atoms with Crippen LogP contribution in [-0.4, -0.2) is 28.8 Å². The lowest BCUT2D eigenvalue weighted by molar-refractivity contribution is -0.384. The molecular weight excluding hydrogens is 260 g/mol. The highest BCUT2D eigenvalue weighted by Gasteiger charge is 2.38. The number of amides is 1. The summed E-state index contributed by atoms with van der Waals surface area (Å²) in [5.41, 5.74) is 12.0. The van der Waals surface area contributed by atoms with Gasteiger partial charge in [0.15, 0.2) is 0 Å². The smallest absolute Gasteiger partial charge is 0.269 e. The molecule has 108 valence electrons. The molecule has 1 aromatic carbocycles. The Labute approximate surface area is 116 Å². The number of nitrogen functional groups attached to an aromatic ring is 1. The van der Waals surface area contributed by atoms with Crippen LogP contribution in [0.2, 0.25) is 0 Å². The zero-order valence-corrected chi connectivity index (χ0v) is 11.3. The number of non-ortho nitro benzene ring substituents is 1. The summed E-state index contributed by atoms with van der Waals surface area (Å²) >= 11 is 0. The average Bonchev–Trinajstić information content (AvgIpc) is 2.75. The van der Waals surface area contributed by atoms with Gasteiger partial charge in [-0.2, -0.15) is 0 Å². The number of nitro groups is 1. The van der Waals surface area contributed by atoms with E-state index in [0.29, 0.717) is 30.8 Å². The molecule has 7 nitrogen and oxygen atoms in total. The first kappa shape index (κ1) is 14.3. The molecule has 1 atom stereocenters. The van der Waals surface area contributed by atoms with Crippen LogP contribution in [0.4, 0.5) is 11.4 Å². The molecule has 1 aliphatic heterocycles. The maximum Gasteiger partial charge on any atom is 0.269 e. The molecule has 1 heterocycles. The van der Waals surface area contributed by atoms with Gasteiger partial charge < -0.3 is 11.5 Å². The van der Waals surface area contributed by atoms with Crippen LogP contribution < -0.4 is 11.5 Å². The van der Waals surface area contributed by atoms with E-state index in [0.717, 1.165) is 6.54 Å². The number of nitrogens with two attached hydrogens (primary N) is 2. The highest BCUT2D eigenvalue weighted by molar-refractivity contribution is 5.81. The lowest BCUT2D eigenvalue weighted by Crippen LogP contribution is -2.37. The lowest BCUT2D eigenvalue weighted by Gasteiger charge is -2.21. The van der Waals surface area contributed by atoms with Crippen LogP contribution in [0, 0.1) is 15.5 Å². The van der Waals surface area contributed by atoms with E-state index < -0.39 is 10.3 Å². The Hall–Kier alpha value is -2.15. The van der Waals surface area contributed by atoms with Crippen molar-refractivity contribution in [2.75, 3.05) is 18.8 Å². The zero-order chi connectivity index (χ0) is 14.9. The molecule has 4 N–H and O–H groups in total. The summed E-state index contributed by atoms with van der Waals surface area (Å²) in [5, 5.41) is 10.8. The molecule has 1 fully saturated rings. The summed E-state index contributed by atoms with van der Waals surface area (Å²) in [5.74, 6) is -0.313. The number of rotatable bonds is 4. The molecule has 20 heavy (non-hydrogen) atoms. The van der Waals surface area contributed by atoms with Crippen molar-refractivity contribution in [3.8, 4) is 0 Å². The third-order valence-electron chi connectivity index (χ3n) is 3.88. The van der Waals surface area contributed by atoms with Crippen LogP contribution in [0.3, 0.4) is 0 Å². The van der Waals surface area contributed by atoms with Crippen molar-refractivity contribution in [3.63, 3.8) is 0 Å². The van der Waals surface area contributed by atoms with Crippen molar-refractivity contribution in [3.05, 3.63) is 33.9 Å². The minimum absolute atomic E-state index is 0.0195. The first-order valence-electron chi connectivity index (χ1n) is 6.37. The van der Waals surface area contributed by atoms with Gasteiger partial charge in [-0.1, -0.05) is 0 Å². The third-order valence-corrected chi connectivity index (χ3v) is 3.88. The molecule has 0 aromatic heterocycles. The number of likely N-dealkylation sites (tertiary alicyclic amines) is 1. The quantitative estimate of drug-likeness (QED) is 0.481. The van der Waals surface area contributed by atoms with Crippen molar-refractivity contribution < 1.29 is 9.72 Å². The van der Waals surface area contributed by atoms with Gasteiger partial charge in [0.05, 0.1) is 10.3 Å². The molecule has 0 radical (unpaired) electrons. The molecule has 1 aliphatic rings. The number of primary amides is 1. The number of carbonyl (C=O) groups is 1. The van der Waals surface area contributed by atoms with Gasteiger partial charge in [0.25, 0.3) is 5.69 Å². The van der Waals surface area contributed by atoms with Crippen LogP contribution >= 0.6 is 0 Å². The lowest BCUT2D eigenvalue weighted by atomic mass is 9.89. The molecule has 2 rings (SSSR count). The summed E-state index contributed by atoms with van der Waals surface area (Å²) in [6, 6.07) is 4.41. The number of hydrogen-bond donors (Lipinski definition) is 2. The standard InChI is InChI=1S/C13H18N4O3/c1-13(12(15)18)4-5-16(8-13)7-9-6-10(17(19)20)2-3-11(9)14/h2-3,6H,4-5,7-8,14H2,1H3,(H2,15,18). The minimum atomic E-state index is -0.532. The van der Waals surface area contributed by atoms with Gasteiger partial charge in [-0.15, -0.1) is 0 Å². The number of nitrogens with zero attached hydrogens (tertiary/aromatic N) is 2. The van der Waals surface area contributed by atoms with Crippen molar-refractivity contribution in [1.82, 2.24) is 4.90 Å². The van der Waals surface area contributed by atoms with Crippen molar-refractivity contribution in [2.24, 2.45) is 11.1 Å². The molecule has 0 spiro atoms. The Kier molecular flexibility index (Phi) is 3.63. The van der Waals surface area contributed by atoms with E-state index in [4.69, 9.17) is 11.5 Å². The van der Waals surface area contributed by atoms with Gasteiger partial charge in [-0.05, 0) is 31.5 Å². The Morgan fingerprint density at radius 2 is 2.25 bits per heavy atom. The number of hydrogen-bond acceptors (Lipinski definition) is 5. The normalized spacial score (nSPS) is 22.9. The highest BCUT2D eigenvalue weighted by atomic mass is 16.6. The molecule has 0 aliphatic carbocycles. The monoisotopic (exact) mass is 278 g/mol. The maximum atomic E-state index is 11.4. The molecule has 1 aromatic rings. The Balaban J connectivity index is 2.14. The molecular formula is C13H18N4O3. The van der Waals surface area contributed by atoms with E-state index in [1.807, 2.05) is 11.8 Å². The van der Waals surface area contributed by atoms with Crippen molar-refractivity contribution in [2.45, 2.75) is 19.9 Å². The first-order chi connectivity index (χ1) is 9.32. The number of anilines is 1. The predicted molar refractivity (Wildman–Crippen MR) is 74.7 cm³/mol. The summed E-state index contributed by atoms with van der Waals surface area (Å²) in [6.45, 7) is 3.59. The van der Waals surface area contributed by atoms with Crippen LogP contribution in [0.25, 0.3) is 0 Å². The zero-order valence-electron chi connectivity index (χ0n) is 11.3. The summed E-state index contributed by atoms with van der Waals surface area (Å²) in [4.78, 5) is 23.8. The van der Waals surface area contributed by atoms with E-state index in [1.165, 1.54) is 18.2 Å². The summed E-state index contributed by atoms with van der Waals surface area (Å²) < 4.78 is 0. The van der Waals surface area contributed by atoms with Gasteiger partial charge in [-0.3, -0.25) is 19.8 Å². The van der Waals surface area contributed by atoms with E-state index in [2.05, 4.69) is 0 Å². The van der Waals surface area contributed by atoms with E-state index in [9.17, 15) is 14.9 Å². The Morgan fingerprint density at radius 3 is 2.80 bits per heavy atom. The minimum Gasteiger partial charge on any atom is -0.398 e. The molecule has 0 saturated carbocycles. The maximum absolute atomic E-state index is 11.4. The molecule has 1 amide bonds. The summed E-state index contributed by atoms with van der Waals surface area (Å²) in [7, 11) is 0. The molecule has 1 unspecified atom stereocenters. The second-order valence-electron chi connectivity index (χ2n) is 5.53. The first-order valence-corrected chi connectivity index (χ1v) is 6.37. The van der Waals surface area contributed by atoms with Crippen molar-refractivity contribution >= 4 is 17.3 Å². The largest absolute Gasteiger partial charge is 0.398 e. The SMILES string of the molecule is CC1(C(N)=O)CCN(Cc2cc([N+](=O)[O-])ccc2N)C1. The summed E-state index contributed by atoms with van der Waals surface area (Å²) in [6.07, 6.45) is 0.692. The van der Waals surface area contributed by atoms with Crippen LogP contribution in [0.5, 0.6) is 0 Å². The highest BCUT2D eigenvalue weighted by Crippen LogP contribution is 2.31. The molecule has 7 heteroatoms. The fourth-order valence-electron chi connectivity index (χ4n) is 2.48. The number of nitro benzene ring substituents is 1. The number of carbonyl (C=O) groups excluding carboxylic acids is 1. The predicted octanol–water partition coefficient (Wildman–Crippen LogP) is 0.874. The van der Waals surface area contributed by atoms with Crippen molar-refractivity contribution in [1.29, 1.82) is 0 Å². The Morgan fingerprint density at radius 1 is 1.55 bits per heavy atom. The van der Waals surface area contributed by atoms with Crippen LogP contribution in [0.1, 0.15) is 18.9 Å². The van der Waals surface area contributed by atoms with Gasteiger partial charge in [0.1, 0.15) is 0 Å². The van der Waals surface area contributed by atoms with Crippen LogP contribution in [-0.2, 0) is 11.3 Å². The number of benzene rings is 1. The molecule has 1 saturated heterocycles. The van der Waals surface area contributed by atoms with E-state index >= 15 is 0 Å². The second kappa shape index (κ2) is 5.09. The topological polar surface area (TPSA) is 115 Å². The van der Waals surface area contributed by atoms with Crippen LogP contribution in [0.15, 0.2) is 18.2 Å². The van der Waals surface area contributed by atoms with Gasteiger partial charge in [-0.25, -0.2) is 0 Å². The van der Waals surface area contributed by atoms with Gasteiger partial charge in [0, 0.05) is 30.9 Å². The fourth-order valence-corrected chi connectivity index (χ4v) is 2.48. The molecule has 0 bridgehead atoms. The second-order valence-corrected chi connectivity index (χ2v) is 5.53. The average molecular weight is 278 g/mol. The fraction of sp³-hybridized carbons (Fsp3) is 0.462. The Bertz CT molecular complexity index is 561. The van der Waals surface area contributed by atoms with E-state index in [-0.39, 0.29) is 11.6 Å². The van der Waals surface area contributed by atoms with E-state index in [1.54, 1.807) is 0 Å². The van der Waals surface area contributed by atoms with Gasteiger partial charge in [0.2, 0.25) is 5.91 Å². The van der Waals surface area contributed by atoms with Gasteiger partial charge >= 0.3 is 0 Å².